The summed E-state index contributed by atoms with van der Waals surface area (Å²) < 4.78 is 2.45. The lowest BCUT2D eigenvalue weighted by molar-refractivity contribution is 0.439. The molecular weight excluding hydrogens is 208 g/mol. The van der Waals surface area contributed by atoms with Gasteiger partial charge in [0.05, 0.1) is 0 Å². The van der Waals surface area contributed by atoms with Gasteiger partial charge >= 0.3 is 0 Å². The van der Waals surface area contributed by atoms with Crippen molar-refractivity contribution in [1.29, 1.82) is 0 Å². The quantitative estimate of drug-likeness (QED) is 0.726. The van der Waals surface area contributed by atoms with Crippen molar-refractivity contribution in [3.63, 3.8) is 0 Å². The standard InChI is InChI=1S/C12H14N2.ClH/c1-9-7-13-8-11-6-10-4-2-3-5-12(10)14(9)11;/h2-6,9,13H,7-8H2,1H3;1H/t9-;/m1./s1. The van der Waals surface area contributed by atoms with E-state index in [0.717, 1.165) is 13.1 Å². The van der Waals surface area contributed by atoms with E-state index in [9.17, 15) is 0 Å². The van der Waals surface area contributed by atoms with Gasteiger partial charge in [0.15, 0.2) is 0 Å². The van der Waals surface area contributed by atoms with Gasteiger partial charge in [-0.1, -0.05) is 18.2 Å². The van der Waals surface area contributed by atoms with E-state index >= 15 is 0 Å². The zero-order valence-electron chi connectivity index (χ0n) is 8.73. The molecule has 2 nitrogen and oxygen atoms in total. The van der Waals surface area contributed by atoms with Crippen molar-refractivity contribution in [2.45, 2.75) is 19.5 Å². The third kappa shape index (κ3) is 1.54. The summed E-state index contributed by atoms with van der Waals surface area (Å²) in [5.74, 6) is 0. The number of aromatic nitrogens is 1. The Morgan fingerprint density at radius 1 is 1.33 bits per heavy atom. The smallest absolute Gasteiger partial charge is 0.0485 e. The van der Waals surface area contributed by atoms with Gasteiger partial charge in [-0.25, -0.2) is 0 Å². The molecule has 1 aliphatic heterocycles. The fourth-order valence-corrected chi connectivity index (χ4v) is 2.39. The highest BCUT2D eigenvalue weighted by Gasteiger charge is 2.17. The first-order chi connectivity index (χ1) is 6.86. The van der Waals surface area contributed by atoms with E-state index in [2.05, 4.69) is 47.1 Å². The van der Waals surface area contributed by atoms with Crippen LogP contribution in [0, 0.1) is 0 Å². The normalized spacial score (nSPS) is 19.7. The SMILES string of the molecule is C[C@@H]1CNCc2cc3ccccc3n21.Cl. The van der Waals surface area contributed by atoms with Crippen LogP contribution < -0.4 is 5.32 Å². The van der Waals surface area contributed by atoms with Crippen molar-refractivity contribution in [3.8, 4) is 0 Å². The molecule has 3 heteroatoms. The first kappa shape index (κ1) is 10.5. The molecule has 1 aromatic heterocycles. The molecule has 3 rings (SSSR count). The first-order valence-corrected chi connectivity index (χ1v) is 5.16. The van der Waals surface area contributed by atoms with Crippen LogP contribution >= 0.6 is 12.4 Å². The molecule has 0 spiro atoms. The molecule has 0 aliphatic carbocycles. The predicted octanol–water partition coefficient (Wildman–Crippen LogP) is 2.73. The highest BCUT2D eigenvalue weighted by atomic mass is 35.5. The van der Waals surface area contributed by atoms with Crippen LogP contribution in [0.25, 0.3) is 10.9 Å². The number of benzene rings is 1. The Labute approximate surface area is 95.7 Å². The lowest BCUT2D eigenvalue weighted by Gasteiger charge is -2.24. The molecule has 0 amide bonds. The van der Waals surface area contributed by atoms with Gasteiger partial charge in [-0.05, 0) is 24.4 Å². The van der Waals surface area contributed by atoms with Crippen molar-refractivity contribution in [2.24, 2.45) is 0 Å². The molecule has 0 saturated carbocycles. The summed E-state index contributed by atoms with van der Waals surface area (Å²) in [4.78, 5) is 0. The average Bonchev–Trinajstić information content (AvgIpc) is 2.57. The average molecular weight is 223 g/mol. The first-order valence-electron chi connectivity index (χ1n) is 5.16. The van der Waals surface area contributed by atoms with E-state index in [1.807, 2.05) is 0 Å². The van der Waals surface area contributed by atoms with E-state index in [0.29, 0.717) is 6.04 Å². The molecule has 1 N–H and O–H groups in total. The van der Waals surface area contributed by atoms with Crippen LogP contribution in [0.2, 0.25) is 0 Å². The molecule has 0 saturated heterocycles. The summed E-state index contributed by atoms with van der Waals surface area (Å²) >= 11 is 0. The number of hydrogen-bond acceptors (Lipinski definition) is 1. The van der Waals surface area contributed by atoms with Gasteiger partial charge in [-0.15, -0.1) is 12.4 Å². The van der Waals surface area contributed by atoms with E-state index in [1.54, 1.807) is 0 Å². The van der Waals surface area contributed by atoms with Crippen molar-refractivity contribution >= 4 is 23.3 Å². The number of fused-ring (bicyclic) bond motifs is 3. The summed E-state index contributed by atoms with van der Waals surface area (Å²) in [6, 6.07) is 11.5. The van der Waals surface area contributed by atoms with E-state index < -0.39 is 0 Å². The molecule has 0 radical (unpaired) electrons. The Bertz CT molecular complexity index is 475. The maximum atomic E-state index is 3.43. The molecular formula is C12H15ClN2. The second kappa shape index (κ2) is 3.87. The summed E-state index contributed by atoms with van der Waals surface area (Å²) in [5, 5.41) is 4.79. The number of nitrogens with zero attached hydrogens (tertiary/aromatic N) is 1. The summed E-state index contributed by atoms with van der Waals surface area (Å²) in [5.41, 5.74) is 2.78. The zero-order valence-corrected chi connectivity index (χ0v) is 9.55. The van der Waals surface area contributed by atoms with Crippen molar-refractivity contribution in [2.75, 3.05) is 6.54 Å². The molecule has 0 unspecified atom stereocenters. The molecule has 1 aliphatic rings. The second-order valence-electron chi connectivity index (χ2n) is 4.04. The van der Waals surface area contributed by atoms with Gasteiger partial charge in [0.2, 0.25) is 0 Å². The molecule has 2 heterocycles. The van der Waals surface area contributed by atoms with Gasteiger partial charge in [0.1, 0.15) is 0 Å². The largest absolute Gasteiger partial charge is 0.339 e. The topological polar surface area (TPSA) is 17.0 Å². The molecule has 0 bridgehead atoms. The Hall–Kier alpha value is -0.990. The number of para-hydroxylation sites is 1. The summed E-state index contributed by atoms with van der Waals surface area (Å²) in [6.45, 7) is 4.34. The molecule has 0 fully saturated rings. The minimum absolute atomic E-state index is 0. The van der Waals surface area contributed by atoms with Crippen LogP contribution in [0.3, 0.4) is 0 Å². The summed E-state index contributed by atoms with van der Waals surface area (Å²) in [6.07, 6.45) is 0. The van der Waals surface area contributed by atoms with Crippen LogP contribution in [-0.4, -0.2) is 11.1 Å². The van der Waals surface area contributed by atoms with Crippen LogP contribution in [0.5, 0.6) is 0 Å². The highest BCUT2D eigenvalue weighted by Crippen LogP contribution is 2.25. The van der Waals surface area contributed by atoms with Crippen LogP contribution in [-0.2, 0) is 6.54 Å². The lowest BCUT2D eigenvalue weighted by Crippen LogP contribution is -2.30. The van der Waals surface area contributed by atoms with Crippen molar-refractivity contribution in [1.82, 2.24) is 9.88 Å². The Kier molecular flexibility index (Phi) is 2.72. The Balaban J connectivity index is 0.000000853. The minimum Gasteiger partial charge on any atom is -0.339 e. The van der Waals surface area contributed by atoms with Crippen molar-refractivity contribution < 1.29 is 0 Å². The van der Waals surface area contributed by atoms with Crippen LogP contribution in [0.1, 0.15) is 18.7 Å². The van der Waals surface area contributed by atoms with Gasteiger partial charge in [0, 0.05) is 30.3 Å². The third-order valence-electron chi connectivity index (χ3n) is 3.01. The van der Waals surface area contributed by atoms with E-state index in [-0.39, 0.29) is 12.4 Å². The van der Waals surface area contributed by atoms with Gasteiger partial charge in [0.25, 0.3) is 0 Å². The fraction of sp³-hybridized carbons (Fsp3) is 0.333. The maximum Gasteiger partial charge on any atom is 0.0485 e. The van der Waals surface area contributed by atoms with E-state index in [4.69, 9.17) is 0 Å². The second-order valence-corrected chi connectivity index (χ2v) is 4.04. The lowest BCUT2D eigenvalue weighted by atomic mass is 10.2. The number of rotatable bonds is 0. The minimum atomic E-state index is 0. The van der Waals surface area contributed by atoms with Crippen LogP contribution in [0.4, 0.5) is 0 Å². The van der Waals surface area contributed by atoms with Gasteiger partial charge < -0.3 is 9.88 Å². The van der Waals surface area contributed by atoms with E-state index in [1.165, 1.54) is 16.6 Å². The molecule has 80 valence electrons. The Morgan fingerprint density at radius 2 is 2.13 bits per heavy atom. The van der Waals surface area contributed by atoms with Gasteiger partial charge in [-0.2, -0.15) is 0 Å². The molecule has 1 atom stereocenters. The van der Waals surface area contributed by atoms with Gasteiger partial charge in [-0.3, -0.25) is 0 Å². The zero-order chi connectivity index (χ0) is 9.54. The fourth-order valence-electron chi connectivity index (χ4n) is 2.39. The predicted molar refractivity (Wildman–Crippen MR) is 65.6 cm³/mol. The third-order valence-corrected chi connectivity index (χ3v) is 3.01. The van der Waals surface area contributed by atoms with Crippen LogP contribution in [0.15, 0.2) is 30.3 Å². The number of halogens is 1. The highest BCUT2D eigenvalue weighted by molar-refractivity contribution is 5.85. The monoisotopic (exact) mass is 222 g/mol. The number of nitrogens with one attached hydrogen (secondary N) is 1. The van der Waals surface area contributed by atoms with Crippen molar-refractivity contribution in [3.05, 3.63) is 36.0 Å². The Morgan fingerprint density at radius 3 is 3.00 bits per heavy atom. The molecule has 2 aromatic rings. The summed E-state index contributed by atoms with van der Waals surface area (Å²) in [7, 11) is 0. The maximum absolute atomic E-state index is 3.43. The molecule has 15 heavy (non-hydrogen) atoms. The number of hydrogen-bond donors (Lipinski definition) is 1. The molecule has 1 aromatic carbocycles.